The van der Waals surface area contributed by atoms with Crippen molar-refractivity contribution in [3.63, 3.8) is 0 Å². The molecule has 4 heterocycles. The number of nitrogens with one attached hydrogen (secondary N) is 1. The van der Waals surface area contributed by atoms with Crippen LogP contribution < -0.4 is 10.2 Å². The predicted octanol–water partition coefficient (Wildman–Crippen LogP) is 3.57. The van der Waals surface area contributed by atoms with Crippen LogP contribution in [0, 0.1) is 11.8 Å². The van der Waals surface area contributed by atoms with E-state index in [2.05, 4.69) is 16.0 Å². The zero-order valence-electron chi connectivity index (χ0n) is 18.7. The molecular weight excluding hydrogens is 402 g/mol. The van der Waals surface area contributed by atoms with Crippen molar-refractivity contribution in [3.8, 4) is 5.75 Å². The number of aromatic amines is 1. The standard InChI is InChI=1S/C26H31N3O3/c1-32-22-9-4-7-19-23(22)27-14-20(25(19)30)26(31)29-11-5-6-16-12-17-13-18(24(16)29)15-28-10-3-2-8-21(17)28/h4,7,9,12,14,17-18,21,24H,2-3,5-6,8,10-11,13,15H2,1H3,(H,27,30)/t17-,18+,21+,24-/m0/s1. The number of likely N-dealkylation sites (tertiary alicyclic amines) is 1. The van der Waals surface area contributed by atoms with Crippen LogP contribution in [0.3, 0.4) is 0 Å². The molecule has 2 bridgehead atoms. The van der Waals surface area contributed by atoms with E-state index in [4.69, 9.17) is 4.74 Å². The number of hydrogen-bond donors (Lipinski definition) is 1. The van der Waals surface area contributed by atoms with Crippen LogP contribution in [0.5, 0.6) is 5.75 Å². The van der Waals surface area contributed by atoms with E-state index in [0.29, 0.717) is 34.5 Å². The zero-order valence-corrected chi connectivity index (χ0v) is 18.7. The van der Waals surface area contributed by atoms with Gasteiger partial charge in [0.15, 0.2) is 0 Å². The normalized spacial score (nSPS) is 29.8. The lowest BCUT2D eigenvalue weighted by molar-refractivity contribution is 0.00143. The van der Waals surface area contributed by atoms with Crippen LogP contribution in [-0.4, -0.2) is 59.5 Å². The number of amides is 1. The van der Waals surface area contributed by atoms with Crippen molar-refractivity contribution in [2.75, 3.05) is 26.7 Å². The molecule has 1 amide bonds. The molecule has 1 aromatic carbocycles. The monoisotopic (exact) mass is 433 g/mol. The largest absolute Gasteiger partial charge is 0.495 e. The second-order valence-corrected chi connectivity index (χ2v) is 9.92. The quantitative estimate of drug-likeness (QED) is 0.736. The molecule has 6 nitrogen and oxygen atoms in total. The van der Waals surface area contributed by atoms with Crippen molar-refractivity contribution in [2.24, 2.45) is 11.8 Å². The van der Waals surface area contributed by atoms with E-state index >= 15 is 0 Å². The Bertz CT molecular complexity index is 1150. The summed E-state index contributed by atoms with van der Waals surface area (Å²) in [6, 6.07) is 6.20. The Labute approximate surface area is 188 Å². The molecule has 3 saturated heterocycles. The number of aromatic nitrogens is 1. The first-order chi connectivity index (χ1) is 15.7. The molecule has 0 spiro atoms. The number of carbonyl (C=O) groups excluding carboxylic acids is 1. The molecule has 2 aromatic rings. The second kappa shape index (κ2) is 7.77. The first kappa shape index (κ1) is 20.0. The number of piperidine rings is 3. The maximum absolute atomic E-state index is 13.8. The minimum atomic E-state index is -0.216. The summed E-state index contributed by atoms with van der Waals surface area (Å²) in [7, 11) is 1.58. The number of para-hydroxylation sites is 1. The Balaban J connectivity index is 1.36. The summed E-state index contributed by atoms with van der Waals surface area (Å²) in [6.07, 6.45) is 11.3. The lowest BCUT2D eigenvalue weighted by Gasteiger charge is -2.54. The summed E-state index contributed by atoms with van der Waals surface area (Å²) < 4.78 is 5.38. The average Bonchev–Trinajstić information content (AvgIpc) is 2.83. The Morgan fingerprint density at radius 1 is 1.19 bits per heavy atom. The summed E-state index contributed by atoms with van der Waals surface area (Å²) in [5.74, 6) is 1.58. The fourth-order valence-electron chi connectivity index (χ4n) is 6.91. The van der Waals surface area contributed by atoms with E-state index < -0.39 is 0 Å². The molecule has 4 aliphatic rings. The Morgan fingerprint density at radius 2 is 2.09 bits per heavy atom. The van der Waals surface area contributed by atoms with Crippen molar-refractivity contribution in [2.45, 2.75) is 50.6 Å². The van der Waals surface area contributed by atoms with E-state index in [1.807, 2.05) is 11.0 Å². The number of H-pyrrole nitrogens is 1. The fourth-order valence-corrected chi connectivity index (χ4v) is 6.91. The summed E-state index contributed by atoms with van der Waals surface area (Å²) in [6.45, 7) is 2.99. The zero-order chi connectivity index (χ0) is 21.8. The fraction of sp³-hybridized carbons (Fsp3) is 0.538. The van der Waals surface area contributed by atoms with Crippen molar-refractivity contribution >= 4 is 16.8 Å². The van der Waals surface area contributed by atoms with Gasteiger partial charge in [0.1, 0.15) is 11.3 Å². The van der Waals surface area contributed by atoms with Gasteiger partial charge in [-0.2, -0.15) is 0 Å². The molecule has 1 aliphatic carbocycles. The number of rotatable bonds is 2. The van der Waals surface area contributed by atoms with Gasteiger partial charge in [0, 0.05) is 25.3 Å². The molecule has 3 aliphatic heterocycles. The molecule has 3 fully saturated rings. The number of ether oxygens (including phenoxy) is 1. The molecule has 1 N–H and O–H groups in total. The number of nitrogens with zero attached hydrogens (tertiary/aromatic N) is 2. The highest BCUT2D eigenvalue weighted by atomic mass is 16.5. The number of fused-ring (bicyclic) bond motifs is 7. The summed E-state index contributed by atoms with van der Waals surface area (Å²) in [5.41, 5.74) is 2.10. The third-order valence-corrected chi connectivity index (χ3v) is 8.24. The van der Waals surface area contributed by atoms with Gasteiger partial charge in [-0.05, 0) is 62.6 Å². The van der Waals surface area contributed by atoms with Gasteiger partial charge in [0.2, 0.25) is 5.43 Å². The number of pyridine rings is 1. The number of benzene rings is 1. The van der Waals surface area contributed by atoms with Crippen LogP contribution in [-0.2, 0) is 0 Å². The molecule has 6 heteroatoms. The molecule has 0 radical (unpaired) electrons. The van der Waals surface area contributed by atoms with Crippen molar-refractivity contribution in [1.82, 2.24) is 14.8 Å². The summed E-state index contributed by atoms with van der Waals surface area (Å²) >= 11 is 0. The van der Waals surface area contributed by atoms with Gasteiger partial charge in [-0.15, -0.1) is 0 Å². The van der Waals surface area contributed by atoms with E-state index in [1.165, 1.54) is 37.8 Å². The SMILES string of the molecule is COc1cccc2c(=O)c(C(=O)N3CCCC4=C[C@H]5C[C@H](CN6CCCC[C@H]56)[C@H]43)c[nH]c12. The molecule has 1 aromatic heterocycles. The third-order valence-electron chi connectivity index (χ3n) is 8.24. The lowest BCUT2D eigenvalue weighted by atomic mass is 9.68. The summed E-state index contributed by atoms with van der Waals surface area (Å²) in [5, 5.41) is 0.500. The topological polar surface area (TPSA) is 65.6 Å². The van der Waals surface area contributed by atoms with Gasteiger partial charge >= 0.3 is 0 Å². The van der Waals surface area contributed by atoms with Gasteiger partial charge in [-0.1, -0.05) is 24.1 Å². The number of hydrogen-bond acceptors (Lipinski definition) is 4. The Kier molecular flexibility index (Phi) is 4.86. The van der Waals surface area contributed by atoms with Crippen LogP contribution in [0.2, 0.25) is 0 Å². The molecule has 6 rings (SSSR count). The van der Waals surface area contributed by atoms with Gasteiger partial charge in [0.05, 0.1) is 24.1 Å². The number of carbonyl (C=O) groups is 1. The van der Waals surface area contributed by atoms with Crippen molar-refractivity contribution in [3.05, 3.63) is 51.8 Å². The Morgan fingerprint density at radius 3 is 2.97 bits per heavy atom. The van der Waals surface area contributed by atoms with E-state index in [0.717, 1.165) is 25.9 Å². The highest BCUT2D eigenvalue weighted by Crippen LogP contribution is 2.45. The maximum atomic E-state index is 13.8. The first-order valence-corrected chi connectivity index (χ1v) is 12.1. The van der Waals surface area contributed by atoms with E-state index in [-0.39, 0.29) is 22.9 Å². The van der Waals surface area contributed by atoms with Crippen molar-refractivity contribution in [1.29, 1.82) is 0 Å². The van der Waals surface area contributed by atoms with Gasteiger partial charge < -0.3 is 14.6 Å². The molecule has 32 heavy (non-hydrogen) atoms. The highest BCUT2D eigenvalue weighted by Gasteiger charge is 2.47. The molecule has 168 valence electrons. The second-order valence-electron chi connectivity index (χ2n) is 9.92. The molecular formula is C26H31N3O3. The Hall–Kier alpha value is -2.60. The van der Waals surface area contributed by atoms with E-state index in [9.17, 15) is 9.59 Å². The summed E-state index contributed by atoms with van der Waals surface area (Å²) in [4.78, 5) is 34.9. The minimum Gasteiger partial charge on any atom is -0.495 e. The first-order valence-electron chi connectivity index (χ1n) is 12.1. The van der Waals surface area contributed by atoms with Crippen molar-refractivity contribution < 1.29 is 9.53 Å². The predicted molar refractivity (Wildman–Crippen MR) is 124 cm³/mol. The minimum absolute atomic E-state index is 0.134. The van der Waals surface area contributed by atoms with Crippen LogP contribution in [0.25, 0.3) is 10.9 Å². The average molecular weight is 434 g/mol. The smallest absolute Gasteiger partial charge is 0.259 e. The lowest BCUT2D eigenvalue weighted by Crippen LogP contribution is -2.60. The van der Waals surface area contributed by atoms with Crippen LogP contribution in [0.1, 0.15) is 48.9 Å². The van der Waals surface area contributed by atoms with Gasteiger partial charge in [0.25, 0.3) is 5.91 Å². The third kappa shape index (κ3) is 3.03. The molecule has 0 saturated carbocycles. The molecule has 0 unspecified atom stereocenters. The highest BCUT2D eigenvalue weighted by molar-refractivity contribution is 5.98. The number of methoxy groups -OCH3 is 1. The van der Waals surface area contributed by atoms with Crippen LogP contribution >= 0.6 is 0 Å². The van der Waals surface area contributed by atoms with Gasteiger partial charge in [-0.25, -0.2) is 0 Å². The van der Waals surface area contributed by atoms with Crippen LogP contribution in [0.15, 0.2) is 40.8 Å². The van der Waals surface area contributed by atoms with Crippen LogP contribution in [0.4, 0.5) is 0 Å². The molecule has 4 atom stereocenters. The van der Waals surface area contributed by atoms with Gasteiger partial charge in [-0.3, -0.25) is 14.5 Å². The maximum Gasteiger partial charge on any atom is 0.259 e. The van der Waals surface area contributed by atoms with E-state index in [1.54, 1.807) is 25.4 Å².